The van der Waals surface area contributed by atoms with Gasteiger partial charge in [-0.2, -0.15) is 0 Å². The number of nitrogens with zero attached hydrogens (tertiary/aromatic N) is 3. The van der Waals surface area contributed by atoms with Crippen LogP contribution in [0.15, 0.2) is 42.5 Å². The van der Waals surface area contributed by atoms with Gasteiger partial charge in [0.25, 0.3) is 0 Å². The lowest BCUT2D eigenvalue weighted by atomic mass is 10.1. The first-order valence-corrected chi connectivity index (χ1v) is 12.2. The van der Waals surface area contributed by atoms with Gasteiger partial charge in [-0.15, -0.1) is 0 Å². The molecule has 4 rings (SSSR count). The van der Waals surface area contributed by atoms with Gasteiger partial charge in [0.2, 0.25) is 5.91 Å². The predicted molar refractivity (Wildman–Crippen MR) is 138 cm³/mol. The molecular weight excluding hydrogens is 428 g/mol. The van der Waals surface area contributed by atoms with Crippen molar-refractivity contribution in [1.82, 2.24) is 15.5 Å². The fourth-order valence-electron chi connectivity index (χ4n) is 4.70. The summed E-state index contributed by atoms with van der Waals surface area (Å²) in [6.07, 6.45) is 0. The molecule has 3 amide bonds. The number of para-hydroxylation sites is 2. The summed E-state index contributed by atoms with van der Waals surface area (Å²) in [5, 5.41) is 9.12. The number of urea groups is 1. The van der Waals surface area contributed by atoms with Crippen LogP contribution in [-0.4, -0.2) is 75.2 Å². The Bertz CT molecular complexity index is 1010. The highest BCUT2D eigenvalue weighted by atomic mass is 16.2. The van der Waals surface area contributed by atoms with Gasteiger partial charge in [0, 0.05) is 58.0 Å². The van der Waals surface area contributed by atoms with Gasteiger partial charge in [-0.05, 0) is 50.1 Å². The van der Waals surface area contributed by atoms with Crippen molar-refractivity contribution in [2.75, 3.05) is 67.5 Å². The maximum absolute atomic E-state index is 13.0. The number of benzene rings is 2. The zero-order valence-corrected chi connectivity index (χ0v) is 20.4. The van der Waals surface area contributed by atoms with Crippen molar-refractivity contribution >= 4 is 29.0 Å². The monoisotopic (exact) mass is 464 g/mol. The van der Waals surface area contributed by atoms with Crippen molar-refractivity contribution in [1.29, 1.82) is 0 Å². The number of anilines is 3. The van der Waals surface area contributed by atoms with Crippen LogP contribution in [0.2, 0.25) is 0 Å². The predicted octanol–water partition coefficient (Wildman–Crippen LogP) is 2.57. The largest absolute Gasteiger partial charge is 0.368 e. The van der Waals surface area contributed by atoms with Crippen molar-refractivity contribution in [2.45, 2.75) is 26.8 Å². The molecule has 8 nitrogen and oxygen atoms in total. The maximum Gasteiger partial charge on any atom is 0.319 e. The van der Waals surface area contributed by atoms with Gasteiger partial charge in [-0.1, -0.05) is 24.3 Å². The van der Waals surface area contributed by atoms with Crippen LogP contribution in [0.4, 0.5) is 21.9 Å². The van der Waals surface area contributed by atoms with E-state index in [0.717, 1.165) is 50.6 Å². The second-order valence-electron chi connectivity index (χ2n) is 9.11. The third kappa shape index (κ3) is 5.44. The Kier molecular flexibility index (Phi) is 7.57. The lowest BCUT2D eigenvalue weighted by molar-refractivity contribution is -0.133. The molecule has 34 heavy (non-hydrogen) atoms. The summed E-state index contributed by atoms with van der Waals surface area (Å²) in [4.78, 5) is 32.2. The van der Waals surface area contributed by atoms with Gasteiger partial charge >= 0.3 is 6.03 Å². The summed E-state index contributed by atoms with van der Waals surface area (Å²) >= 11 is 0. The number of carbonyl (C=O) groups is 2. The lowest BCUT2D eigenvalue weighted by Gasteiger charge is -2.38. The summed E-state index contributed by atoms with van der Waals surface area (Å²) in [5.41, 5.74) is 5.55. The molecule has 0 bridgehead atoms. The first-order valence-electron chi connectivity index (χ1n) is 12.2. The van der Waals surface area contributed by atoms with E-state index in [4.69, 9.17) is 0 Å². The van der Waals surface area contributed by atoms with E-state index in [0.29, 0.717) is 13.1 Å². The molecule has 0 radical (unpaired) electrons. The first kappa shape index (κ1) is 23.9. The Morgan fingerprint density at radius 2 is 1.50 bits per heavy atom. The number of nitrogens with one attached hydrogen (secondary N) is 3. The second-order valence-corrected chi connectivity index (χ2v) is 9.11. The van der Waals surface area contributed by atoms with E-state index in [9.17, 15) is 9.59 Å². The van der Waals surface area contributed by atoms with Crippen molar-refractivity contribution in [2.24, 2.45) is 0 Å². The standard InChI is InChI=1S/C26H36N6O2/c1-19-7-6-10-23(20(19)2)31-15-17-32(18-16-31)25(33)21(3)28-26(34)29-22-8-4-5-9-24(22)30-13-11-27-12-14-30/h4-10,21,27H,11-18H2,1-3H3,(H2,28,29,34). The molecule has 0 saturated carbocycles. The van der Waals surface area contributed by atoms with Crippen molar-refractivity contribution in [3.8, 4) is 0 Å². The number of rotatable bonds is 5. The Morgan fingerprint density at radius 1 is 0.853 bits per heavy atom. The SMILES string of the molecule is Cc1cccc(N2CCN(C(=O)C(C)NC(=O)Nc3ccccc3N3CCNCC3)CC2)c1C. The molecule has 2 fully saturated rings. The molecule has 2 aromatic rings. The number of hydrogen-bond donors (Lipinski definition) is 3. The van der Waals surface area contributed by atoms with Crippen LogP contribution in [0, 0.1) is 13.8 Å². The Balaban J connectivity index is 1.30. The van der Waals surface area contributed by atoms with Crippen LogP contribution >= 0.6 is 0 Å². The Hall–Kier alpha value is -3.26. The molecular formula is C26H36N6O2. The third-order valence-electron chi connectivity index (χ3n) is 6.84. The quantitative estimate of drug-likeness (QED) is 0.634. The summed E-state index contributed by atoms with van der Waals surface area (Å²) in [5.74, 6) is -0.0499. The zero-order valence-electron chi connectivity index (χ0n) is 20.4. The lowest BCUT2D eigenvalue weighted by Crippen LogP contribution is -2.54. The molecule has 2 aliphatic heterocycles. The number of amides is 3. The summed E-state index contributed by atoms with van der Waals surface area (Å²) in [7, 11) is 0. The summed E-state index contributed by atoms with van der Waals surface area (Å²) in [6.45, 7) is 12.5. The molecule has 0 aliphatic carbocycles. The maximum atomic E-state index is 13.0. The fraction of sp³-hybridized carbons (Fsp3) is 0.462. The van der Waals surface area contributed by atoms with Gasteiger partial charge in [0.15, 0.2) is 0 Å². The van der Waals surface area contributed by atoms with Gasteiger partial charge in [0.1, 0.15) is 6.04 Å². The summed E-state index contributed by atoms with van der Waals surface area (Å²) < 4.78 is 0. The van der Waals surface area contributed by atoms with E-state index in [1.807, 2.05) is 29.2 Å². The smallest absolute Gasteiger partial charge is 0.319 e. The van der Waals surface area contributed by atoms with Gasteiger partial charge in [0.05, 0.1) is 11.4 Å². The third-order valence-corrected chi connectivity index (χ3v) is 6.84. The molecule has 2 aliphatic rings. The van der Waals surface area contributed by atoms with Crippen LogP contribution in [-0.2, 0) is 4.79 Å². The van der Waals surface area contributed by atoms with E-state index >= 15 is 0 Å². The number of carbonyl (C=O) groups excluding carboxylic acids is 2. The molecule has 0 spiro atoms. The van der Waals surface area contributed by atoms with Crippen LogP contribution in [0.3, 0.4) is 0 Å². The van der Waals surface area contributed by atoms with E-state index in [2.05, 4.69) is 57.8 Å². The Morgan fingerprint density at radius 3 is 2.24 bits per heavy atom. The van der Waals surface area contributed by atoms with Gasteiger partial charge in [-0.3, -0.25) is 4.79 Å². The molecule has 3 N–H and O–H groups in total. The molecule has 2 saturated heterocycles. The zero-order chi connectivity index (χ0) is 24.1. The minimum absolute atomic E-state index is 0.0499. The van der Waals surface area contributed by atoms with Gasteiger partial charge in [-0.25, -0.2) is 4.79 Å². The van der Waals surface area contributed by atoms with Crippen molar-refractivity contribution in [3.05, 3.63) is 53.6 Å². The molecule has 1 atom stereocenters. The average Bonchev–Trinajstić information content (AvgIpc) is 2.86. The van der Waals surface area contributed by atoms with E-state index in [1.165, 1.54) is 16.8 Å². The van der Waals surface area contributed by atoms with Gasteiger partial charge < -0.3 is 30.7 Å². The average molecular weight is 465 g/mol. The van der Waals surface area contributed by atoms with Crippen LogP contribution in [0.1, 0.15) is 18.1 Å². The van der Waals surface area contributed by atoms with E-state index in [1.54, 1.807) is 6.92 Å². The van der Waals surface area contributed by atoms with Crippen LogP contribution < -0.4 is 25.8 Å². The minimum atomic E-state index is -0.599. The van der Waals surface area contributed by atoms with Crippen LogP contribution in [0.5, 0.6) is 0 Å². The number of piperazine rings is 2. The molecule has 0 aromatic heterocycles. The van der Waals surface area contributed by atoms with E-state index < -0.39 is 6.04 Å². The first-order chi connectivity index (χ1) is 16.4. The fourth-order valence-corrected chi connectivity index (χ4v) is 4.70. The molecule has 1 unspecified atom stereocenters. The number of aryl methyl sites for hydroxylation is 1. The minimum Gasteiger partial charge on any atom is -0.368 e. The topological polar surface area (TPSA) is 79.9 Å². The Labute approximate surface area is 202 Å². The highest BCUT2D eigenvalue weighted by Gasteiger charge is 2.27. The van der Waals surface area contributed by atoms with E-state index in [-0.39, 0.29) is 11.9 Å². The number of hydrogen-bond acceptors (Lipinski definition) is 5. The molecule has 8 heteroatoms. The highest BCUT2D eigenvalue weighted by Crippen LogP contribution is 2.26. The normalized spacial score (nSPS) is 17.3. The molecule has 182 valence electrons. The van der Waals surface area contributed by atoms with Crippen LogP contribution in [0.25, 0.3) is 0 Å². The van der Waals surface area contributed by atoms with Crippen molar-refractivity contribution < 1.29 is 9.59 Å². The second kappa shape index (κ2) is 10.8. The molecule has 2 aromatic carbocycles. The highest BCUT2D eigenvalue weighted by molar-refractivity contribution is 5.96. The molecule has 2 heterocycles. The van der Waals surface area contributed by atoms with Crippen molar-refractivity contribution in [3.63, 3.8) is 0 Å². The summed E-state index contributed by atoms with van der Waals surface area (Å²) in [6, 6.07) is 13.2.